The molecule has 1 aliphatic heterocycles. The summed E-state index contributed by atoms with van der Waals surface area (Å²) in [5.41, 5.74) is -0.382. The zero-order chi connectivity index (χ0) is 32.2. The number of nitrogens with one attached hydrogen (secondary N) is 3. The summed E-state index contributed by atoms with van der Waals surface area (Å²) >= 11 is 0. The minimum atomic E-state index is -4.72. The summed E-state index contributed by atoms with van der Waals surface area (Å²) in [6.45, 7) is -0.00391. The maximum Gasteiger partial charge on any atom is 0.416 e. The van der Waals surface area contributed by atoms with E-state index in [0.29, 0.717) is 19.5 Å². The standard InChI is InChI=1S/C30H32F6N6O3/c31-29(32,33)18-37-15-19-6-8-20(9-7-19)16-41-17-26(45-40-41)39-28(44)38-23-12-22(30(34,35)36)13-24(14-23)42-11-10-25(27(42)43)21-4-2-1-3-5-21/h1-5,12-14,17,19-20,25,37H,6-11,15-16,18H2,(H-,38,39,40,44)/p+1. The minimum absolute atomic E-state index is 0.0203. The van der Waals surface area contributed by atoms with Gasteiger partial charge in [0.05, 0.1) is 18.0 Å². The van der Waals surface area contributed by atoms with Crippen molar-refractivity contribution >= 4 is 29.2 Å². The molecule has 3 N–H and O–H groups in total. The number of hydrogen-bond acceptors (Lipinski definition) is 5. The summed E-state index contributed by atoms with van der Waals surface area (Å²) in [5, 5.41) is 11.1. The summed E-state index contributed by atoms with van der Waals surface area (Å²) in [6.07, 6.45) is -3.93. The molecular formula is C30H33F6N6O3+. The second kappa shape index (κ2) is 13.5. The lowest BCUT2D eigenvalue weighted by atomic mass is 9.82. The van der Waals surface area contributed by atoms with Crippen molar-refractivity contribution in [2.45, 2.75) is 56.9 Å². The molecule has 3 aromatic rings. The molecule has 1 unspecified atom stereocenters. The number of benzene rings is 2. The van der Waals surface area contributed by atoms with Crippen LogP contribution >= 0.6 is 0 Å². The molecule has 3 amide bonds. The molecule has 242 valence electrons. The van der Waals surface area contributed by atoms with Crippen molar-refractivity contribution in [3.05, 3.63) is 65.9 Å². The third-order valence-electron chi connectivity index (χ3n) is 8.14. The van der Waals surface area contributed by atoms with Gasteiger partial charge < -0.3 is 15.5 Å². The normalized spacial score (nSPS) is 20.8. The number of nitrogens with zero attached hydrogens (tertiary/aromatic N) is 3. The van der Waals surface area contributed by atoms with Gasteiger partial charge in [-0.15, -0.1) is 0 Å². The van der Waals surface area contributed by atoms with E-state index < -0.39 is 36.4 Å². The van der Waals surface area contributed by atoms with Gasteiger partial charge in [0.15, 0.2) is 6.54 Å². The Bertz CT molecular complexity index is 1470. The van der Waals surface area contributed by atoms with Crippen LogP contribution in [0.25, 0.3) is 0 Å². The molecule has 1 saturated carbocycles. The first-order chi connectivity index (χ1) is 21.3. The van der Waals surface area contributed by atoms with Crippen molar-refractivity contribution in [1.82, 2.24) is 10.6 Å². The average molecular weight is 640 g/mol. The highest BCUT2D eigenvalue weighted by atomic mass is 19.4. The molecular weight excluding hydrogens is 606 g/mol. The van der Waals surface area contributed by atoms with Crippen LogP contribution < -0.4 is 25.5 Å². The van der Waals surface area contributed by atoms with Crippen molar-refractivity contribution in [1.29, 1.82) is 0 Å². The molecule has 0 radical (unpaired) electrons. The molecule has 2 aromatic carbocycles. The Kier molecular flexibility index (Phi) is 9.65. The molecule has 0 bridgehead atoms. The van der Waals surface area contributed by atoms with E-state index in [1.165, 1.54) is 21.8 Å². The third kappa shape index (κ3) is 8.74. The van der Waals surface area contributed by atoms with Crippen molar-refractivity contribution in [3.63, 3.8) is 0 Å². The lowest BCUT2D eigenvalue weighted by Gasteiger charge is -2.26. The van der Waals surface area contributed by atoms with Crippen LogP contribution in [0.3, 0.4) is 0 Å². The number of hydrogen-bond donors (Lipinski definition) is 3. The fourth-order valence-corrected chi connectivity index (χ4v) is 5.93. The Morgan fingerprint density at radius 2 is 1.67 bits per heavy atom. The first kappa shape index (κ1) is 32.3. The number of carbonyl (C=O) groups is 2. The molecule has 2 aliphatic rings. The van der Waals surface area contributed by atoms with Gasteiger partial charge in [-0.3, -0.25) is 14.6 Å². The van der Waals surface area contributed by atoms with E-state index in [9.17, 15) is 35.9 Å². The smallest absolute Gasteiger partial charge is 0.312 e. The van der Waals surface area contributed by atoms with Gasteiger partial charge in [-0.05, 0) is 68.3 Å². The number of halogens is 6. The molecule has 1 aromatic heterocycles. The molecule has 9 nitrogen and oxygen atoms in total. The highest BCUT2D eigenvalue weighted by Crippen LogP contribution is 2.38. The second-order valence-electron chi connectivity index (χ2n) is 11.5. The molecule has 2 heterocycles. The van der Waals surface area contributed by atoms with Gasteiger partial charge in [0.2, 0.25) is 11.2 Å². The van der Waals surface area contributed by atoms with E-state index >= 15 is 0 Å². The molecule has 1 atom stereocenters. The zero-order valence-corrected chi connectivity index (χ0v) is 24.1. The fraction of sp³-hybridized carbons (Fsp3) is 0.467. The largest absolute Gasteiger partial charge is 0.416 e. The maximum atomic E-state index is 13.8. The molecule has 15 heteroatoms. The molecule has 1 aliphatic carbocycles. The Morgan fingerprint density at radius 3 is 2.36 bits per heavy atom. The van der Waals surface area contributed by atoms with Crippen LogP contribution in [0.4, 0.5) is 48.4 Å². The maximum absolute atomic E-state index is 13.8. The lowest BCUT2D eigenvalue weighted by Crippen LogP contribution is -2.40. The van der Waals surface area contributed by atoms with Gasteiger partial charge in [-0.2, -0.15) is 26.3 Å². The number of urea groups is 1. The molecule has 45 heavy (non-hydrogen) atoms. The number of amides is 3. The van der Waals surface area contributed by atoms with Crippen molar-refractivity contribution in [3.8, 4) is 0 Å². The second-order valence-corrected chi connectivity index (χ2v) is 11.5. The predicted molar refractivity (Wildman–Crippen MR) is 151 cm³/mol. The fourth-order valence-electron chi connectivity index (χ4n) is 5.93. The number of aromatic nitrogens is 2. The van der Waals surface area contributed by atoms with E-state index in [0.717, 1.165) is 43.4 Å². The number of alkyl halides is 6. The van der Waals surface area contributed by atoms with Crippen LogP contribution in [0.2, 0.25) is 0 Å². The summed E-state index contributed by atoms with van der Waals surface area (Å²) in [5.74, 6) is -0.455. The van der Waals surface area contributed by atoms with Crippen LogP contribution in [0, 0.1) is 11.8 Å². The average Bonchev–Trinajstić information content (AvgIpc) is 3.58. The van der Waals surface area contributed by atoms with Gasteiger partial charge >= 0.3 is 24.3 Å². The van der Waals surface area contributed by atoms with E-state index in [2.05, 4.69) is 21.2 Å². The molecule has 5 rings (SSSR count). The van der Waals surface area contributed by atoms with Crippen molar-refractivity contribution in [2.75, 3.05) is 35.2 Å². The van der Waals surface area contributed by atoms with Gasteiger partial charge in [-0.1, -0.05) is 35.0 Å². The Morgan fingerprint density at radius 1 is 0.956 bits per heavy atom. The van der Waals surface area contributed by atoms with Crippen LogP contribution in [0.15, 0.2) is 59.3 Å². The van der Waals surface area contributed by atoms with Crippen LogP contribution in [-0.4, -0.2) is 43.0 Å². The minimum Gasteiger partial charge on any atom is -0.312 e. The lowest BCUT2D eigenvalue weighted by molar-refractivity contribution is -0.767. The Balaban J connectivity index is 1.17. The molecule has 0 spiro atoms. The van der Waals surface area contributed by atoms with E-state index in [4.69, 9.17) is 4.52 Å². The third-order valence-corrected chi connectivity index (χ3v) is 8.14. The Hall–Kier alpha value is -4.14. The van der Waals surface area contributed by atoms with Crippen LogP contribution in [0.5, 0.6) is 0 Å². The Labute approximate surface area is 254 Å². The summed E-state index contributed by atoms with van der Waals surface area (Å²) in [7, 11) is 0. The van der Waals surface area contributed by atoms with E-state index in [1.54, 1.807) is 24.3 Å². The quantitative estimate of drug-likeness (QED) is 0.194. The van der Waals surface area contributed by atoms with Crippen molar-refractivity contribution in [2.24, 2.45) is 11.8 Å². The van der Waals surface area contributed by atoms with E-state index in [1.807, 2.05) is 6.07 Å². The van der Waals surface area contributed by atoms with Gasteiger partial charge in [0.1, 0.15) is 0 Å². The highest BCUT2D eigenvalue weighted by Gasteiger charge is 2.37. The van der Waals surface area contributed by atoms with Crippen LogP contribution in [0.1, 0.15) is 49.1 Å². The molecule has 1 saturated heterocycles. The van der Waals surface area contributed by atoms with E-state index in [-0.39, 0.29) is 41.5 Å². The molecule has 2 fully saturated rings. The first-order valence-corrected chi connectivity index (χ1v) is 14.6. The van der Waals surface area contributed by atoms with Gasteiger partial charge in [0, 0.05) is 23.8 Å². The number of rotatable bonds is 9. The summed E-state index contributed by atoms with van der Waals surface area (Å²) < 4.78 is 85.0. The first-order valence-electron chi connectivity index (χ1n) is 14.6. The summed E-state index contributed by atoms with van der Waals surface area (Å²) in [4.78, 5) is 27.2. The van der Waals surface area contributed by atoms with Crippen LogP contribution in [-0.2, 0) is 17.5 Å². The number of anilines is 3. The monoisotopic (exact) mass is 639 g/mol. The predicted octanol–water partition coefficient (Wildman–Crippen LogP) is 6.10. The zero-order valence-electron chi connectivity index (χ0n) is 24.1. The van der Waals surface area contributed by atoms with Gasteiger partial charge in [0.25, 0.3) is 6.20 Å². The van der Waals surface area contributed by atoms with Gasteiger partial charge in [-0.25, -0.2) is 4.79 Å². The van der Waals surface area contributed by atoms with Crippen molar-refractivity contribution < 1.29 is 45.1 Å². The number of carbonyl (C=O) groups excluding carboxylic acids is 2. The summed E-state index contributed by atoms with van der Waals surface area (Å²) in [6, 6.07) is 11.1. The SMILES string of the molecule is O=C(Nc1cc(N2CCC(c3ccccc3)C2=O)cc(C(F)(F)F)c1)Nc1c[n+](CC2CCC(CNCC(F)(F)F)CC2)no1. The highest BCUT2D eigenvalue weighted by molar-refractivity contribution is 6.02. The topological polar surface area (TPSA) is 103 Å².